The molecule has 1 aliphatic heterocycles. The summed E-state index contributed by atoms with van der Waals surface area (Å²) in [6.07, 6.45) is 3.70. The van der Waals surface area contributed by atoms with E-state index in [9.17, 15) is 0 Å². The highest BCUT2D eigenvalue weighted by atomic mass is 15.5. The van der Waals surface area contributed by atoms with E-state index in [0.29, 0.717) is 0 Å². The van der Waals surface area contributed by atoms with E-state index in [2.05, 4.69) is 79.2 Å². The predicted octanol–water partition coefficient (Wildman–Crippen LogP) is 3.18. The van der Waals surface area contributed by atoms with Crippen LogP contribution in [0.1, 0.15) is 17.7 Å². The number of rotatable bonds is 6. The molecule has 3 heterocycles. The van der Waals surface area contributed by atoms with Gasteiger partial charge in [0.2, 0.25) is 0 Å². The Hall–Kier alpha value is -3.32. The zero-order valence-corrected chi connectivity index (χ0v) is 16.2. The van der Waals surface area contributed by atoms with E-state index in [-0.39, 0.29) is 0 Å². The van der Waals surface area contributed by atoms with Crippen LogP contribution in [0.25, 0.3) is 22.4 Å². The number of tetrazole rings is 1. The highest BCUT2D eigenvalue weighted by Gasteiger charge is 2.22. The number of nitrogens with one attached hydrogen (secondary N) is 1. The van der Waals surface area contributed by atoms with Crippen LogP contribution in [-0.4, -0.2) is 48.4 Å². The van der Waals surface area contributed by atoms with Crippen molar-refractivity contribution in [3.63, 3.8) is 0 Å². The van der Waals surface area contributed by atoms with Crippen LogP contribution >= 0.6 is 0 Å². The van der Waals surface area contributed by atoms with E-state index < -0.39 is 0 Å². The molecule has 0 saturated carbocycles. The van der Waals surface area contributed by atoms with Gasteiger partial charge in [0.1, 0.15) is 6.33 Å². The van der Waals surface area contributed by atoms with E-state index in [1.165, 1.54) is 22.4 Å². The van der Waals surface area contributed by atoms with Crippen molar-refractivity contribution in [2.45, 2.75) is 25.9 Å². The molecule has 1 aliphatic rings. The van der Waals surface area contributed by atoms with E-state index >= 15 is 0 Å². The summed E-state index contributed by atoms with van der Waals surface area (Å²) in [6.45, 7) is 3.85. The Labute approximate surface area is 169 Å². The van der Waals surface area contributed by atoms with Crippen LogP contribution in [0, 0.1) is 0 Å². The number of aryl methyl sites for hydroxylation is 1. The molecular weight excluding hydrogens is 362 g/mol. The van der Waals surface area contributed by atoms with Crippen LogP contribution in [0.5, 0.6) is 0 Å². The van der Waals surface area contributed by atoms with Crippen LogP contribution in [0.15, 0.2) is 60.9 Å². The molecule has 4 aromatic rings. The molecule has 1 N–H and O–H groups in total. The highest BCUT2D eigenvalue weighted by molar-refractivity contribution is 5.70. The molecule has 2 aromatic heterocycles. The van der Waals surface area contributed by atoms with Crippen molar-refractivity contribution in [3.05, 3.63) is 72.2 Å². The molecule has 0 fully saturated rings. The second kappa shape index (κ2) is 7.97. The average molecular weight is 385 g/mol. The fraction of sp³-hybridized carbons (Fsp3) is 0.273. The van der Waals surface area contributed by atoms with Crippen LogP contribution in [-0.2, 0) is 19.5 Å². The minimum absolute atomic E-state index is 0.843. The maximum absolute atomic E-state index is 4.64. The van der Waals surface area contributed by atoms with Gasteiger partial charge < -0.3 is 0 Å². The van der Waals surface area contributed by atoms with E-state index in [0.717, 1.165) is 50.3 Å². The van der Waals surface area contributed by atoms with Crippen molar-refractivity contribution in [2.24, 2.45) is 0 Å². The van der Waals surface area contributed by atoms with Crippen LogP contribution < -0.4 is 0 Å². The van der Waals surface area contributed by atoms with Crippen molar-refractivity contribution >= 4 is 0 Å². The number of benzene rings is 2. The lowest BCUT2D eigenvalue weighted by molar-refractivity contribution is 0.244. The summed E-state index contributed by atoms with van der Waals surface area (Å²) in [5, 5.41) is 19.2. The first-order valence-electron chi connectivity index (χ1n) is 10.0. The van der Waals surface area contributed by atoms with Crippen LogP contribution in [0.4, 0.5) is 0 Å². The lowest BCUT2D eigenvalue weighted by atomic mass is 9.98. The molecule has 0 spiro atoms. The number of hydrogen-bond donors (Lipinski definition) is 1. The first kappa shape index (κ1) is 17.8. The molecule has 0 bridgehead atoms. The Morgan fingerprint density at radius 2 is 1.69 bits per heavy atom. The number of fused-ring (bicyclic) bond motifs is 1. The van der Waals surface area contributed by atoms with Gasteiger partial charge in [0.15, 0.2) is 0 Å². The van der Waals surface area contributed by atoms with E-state index in [1.807, 2.05) is 6.07 Å². The maximum Gasteiger partial charge on any atom is 0.138 e. The molecule has 0 unspecified atom stereocenters. The molecule has 7 nitrogen and oxygen atoms in total. The lowest BCUT2D eigenvalue weighted by Gasteiger charge is -2.26. The Kier molecular flexibility index (Phi) is 4.88. The zero-order valence-electron chi connectivity index (χ0n) is 16.2. The second-order valence-electron chi connectivity index (χ2n) is 7.43. The van der Waals surface area contributed by atoms with Gasteiger partial charge >= 0.3 is 0 Å². The van der Waals surface area contributed by atoms with Gasteiger partial charge in [-0.05, 0) is 28.0 Å². The van der Waals surface area contributed by atoms with Gasteiger partial charge in [-0.1, -0.05) is 54.6 Å². The molecule has 2 aromatic carbocycles. The topological polar surface area (TPSA) is 75.5 Å². The van der Waals surface area contributed by atoms with Crippen LogP contribution in [0.3, 0.4) is 0 Å². The van der Waals surface area contributed by atoms with Crippen molar-refractivity contribution in [1.29, 1.82) is 0 Å². The third kappa shape index (κ3) is 3.82. The maximum atomic E-state index is 4.64. The molecule has 0 amide bonds. The van der Waals surface area contributed by atoms with Crippen molar-refractivity contribution in [1.82, 2.24) is 35.3 Å². The fourth-order valence-electron chi connectivity index (χ4n) is 3.97. The Balaban J connectivity index is 1.29. The minimum Gasteiger partial charge on any atom is -0.298 e. The van der Waals surface area contributed by atoms with Crippen molar-refractivity contribution in [3.8, 4) is 22.4 Å². The summed E-state index contributed by atoms with van der Waals surface area (Å²) in [4.78, 5) is 2.49. The standard InChI is InChI=1S/C22H23N7/c1-2-5-17(6-3-1)18-7-9-19(10-8-18)22-20-15-28(14-11-21(20)24-25-22)12-4-13-29-16-23-26-27-29/h1-3,5-10,16H,4,11-15H2,(H,24,25). The molecule has 0 saturated heterocycles. The van der Waals surface area contributed by atoms with Crippen molar-refractivity contribution < 1.29 is 0 Å². The van der Waals surface area contributed by atoms with Gasteiger partial charge in [-0.3, -0.25) is 10.00 Å². The fourth-order valence-corrected chi connectivity index (χ4v) is 3.97. The van der Waals surface area contributed by atoms with Gasteiger partial charge in [0, 0.05) is 49.4 Å². The van der Waals surface area contributed by atoms with Gasteiger partial charge in [0.25, 0.3) is 0 Å². The normalized spacial score (nSPS) is 14.1. The smallest absolute Gasteiger partial charge is 0.138 e. The molecule has 0 atom stereocenters. The summed E-state index contributed by atoms with van der Waals surface area (Å²) in [7, 11) is 0. The average Bonchev–Trinajstić information content (AvgIpc) is 3.44. The first-order valence-corrected chi connectivity index (χ1v) is 10.0. The number of aromatic amines is 1. The predicted molar refractivity (Wildman–Crippen MR) is 111 cm³/mol. The Morgan fingerprint density at radius 3 is 2.48 bits per heavy atom. The monoisotopic (exact) mass is 385 g/mol. The van der Waals surface area contributed by atoms with Crippen LogP contribution in [0.2, 0.25) is 0 Å². The summed E-state index contributed by atoms with van der Waals surface area (Å²) in [5.41, 5.74) is 7.29. The lowest BCUT2D eigenvalue weighted by Crippen LogP contribution is -2.31. The second-order valence-corrected chi connectivity index (χ2v) is 7.43. The summed E-state index contributed by atoms with van der Waals surface area (Å²) in [5.74, 6) is 0. The highest BCUT2D eigenvalue weighted by Crippen LogP contribution is 2.30. The molecule has 0 aliphatic carbocycles. The van der Waals surface area contributed by atoms with Gasteiger partial charge in [-0.25, -0.2) is 4.68 Å². The number of aromatic nitrogens is 6. The SMILES string of the molecule is c1ccc(-c2ccc(-c3n[nH]c4c3CN(CCCn3cnnn3)CC4)cc2)cc1. The number of H-pyrrole nitrogens is 1. The molecule has 7 heteroatoms. The van der Waals surface area contributed by atoms with E-state index in [4.69, 9.17) is 0 Å². The van der Waals surface area contributed by atoms with Gasteiger partial charge in [-0.15, -0.1) is 5.10 Å². The first-order chi connectivity index (χ1) is 14.4. The van der Waals surface area contributed by atoms with Gasteiger partial charge in [-0.2, -0.15) is 5.10 Å². The van der Waals surface area contributed by atoms with Crippen molar-refractivity contribution in [2.75, 3.05) is 13.1 Å². The third-order valence-electron chi connectivity index (χ3n) is 5.53. The summed E-state index contributed by atoms with van der Waals surface area (Å²) < 4.78 is 1.78. The van der Waals surface area contributed by atoms with E-state index in [1.54, 1.807) is 11.0 Å². The molecule has 0 radical (unpaired) electrons. The quantitative estimate of drug-likeness (QED) is 0.552. The number of hydrogen-bond acceptors (Lipinski definition) is 5. The Morgan fingerprint density at radius 1 is 0.897 bits per heavy atom. The third-order valence-corrected chi connectivity index (χ3v) is 5.53. The zero-order chi connectivity index (χ0) is 19.5. The molecule has 29 heavy (non-hydrogen) atoms. The molecule has 146 valence electrons. The summed E-state index contributed by atoms with van der Waals surface area (Å²) >= 11 is 0. The van der Waals surface area contributed by atoms with Gasteiger partial charge in [0.05, 0.1) is 5.69 Å². The Bertz CT molecular complexity index is 1050. The molecule has 5 rings (SSSR count). The molecular formula is C22H23N7. The largest absolute Gasteiger partial charge is 0.298 e. The summed E-state index contributed by atoms with van der Waals surface area (Å²) in [6, 6.07) is 19.2. The number of nitrogens with zero attached hydrogens (tertiary/aromatic N) is 6. The minimum atomic E-state index is 0.843.